The molecule has 0 spiro atoms. The van der Waals surface area contributed by atoms with Crippen LogP contribution in [0, 0.1) is 11.3 Å². The summed E-state index contributed by atoms with van der Waals surface area (Å²) in [5.41, 5.74) is 0.944. The Hall–Kier alpha value is -3.00. The van der Waals surface area contributed by atoms with Gasteiger partial charge in [0.25, 0.3) is 0 Å². The Balaban J connectivity index is 2.11. The first-order valence-electron chi connectivity index (χ1n) is 6.56. The van der Waals surface area contributed by atoms with Crippen molar-refractivity contribution in [2.24, 2.45) is 0 Å². The Morgan fingerprint density at radius 2 is 1.45 bits per heavy atom. The molecule has 0 saturated heterocycles. The minimum absolute atomic E-state index is 0.356. The van der Waals surface area contributed by atoms with Crippen molar-refractivity contribution in [2.45, 2.75) is 6.10 Å². The van der Waals surface area contributed by atoms with Gasteiger partial charge in [-0.25, -0.2) is 4.79 Å². The molecule has 1 atom stereocenters. The molecule has 112 valence electrons. The maximum atomic E-state index is 12.1. The van der Waals surface area contributed by atoms with Crippen molar-refractivity contribution in [1.29, 1.82) is 5.26 Å². The van der Waals surface area contributed by atoms with E-state index >= 15 is 0 Å². The molecular weight excluding hydrogens is 282 g/mol. The van der Waals surface area contributed by atoms with Gasteiger partial charge in [-0.05, 0) is 36.4 Å². The maximum absolute atomic E-state index is 12.1. The number of nitriles is 1. The number of ether oxygens (including phenoxy) is 3. The van der Waals surface area contributed by atoms with Crippen LogP contribution in [0.5, 0.6) is 11.5 Å². The number of carbonyl (C=O) groups is 1. The average molecular weight is 297 g/mol. The molecule has 0 N–H and O–H groups in total. The van der Waals surface area contributed by atoms with Gasteiger partial charge in [-0.15, -0.1) is 0 Å². The second-order valence-corrected chi connectivity index (χ2v) is 4.42. The van der Waals surface area contributed by atoms with E-state index < -0.39 is 12.1 Å². The van der Waals surface area contributed by atoms with Gasteiger partial charge in [-0.1, -0.05) is 12.1 Å². The van der Waals surface area contributed by atoms with Gasteiger partial charge in [-0.2, -0.15) is 5.26 Å². The van der Waals surface area contributed by atoms with Crippen LogP contribution in [0.1, 0.15) is 22.0 Å². The Bertz CT molecular complexity index is 671. The van der Waals surface area contributed by atoms with Crippen molar-refractivity contribution in [3.63, 3.8) is 0 Å². The molecular formula is C17H15NO4. The van der Waals surface area contributed by atoms with Crippen LogP contribution in [-0.2, 0) is 4.74 Å². The Labute approximate surface area is 128 Å². The van der Waals surface area contributed by atoms with Gasteiger partial charge in [0.15, 0.2) is 0 Å². The quantitative estimate of drug-likeness (QED) is 0.793. The van der Waals surface area contributed by atoms with Crippen molar-refractivity contribution < 1.29 is 19.0 Å². The van der Waals surface area contributed by atoms with E-state index in [9.17, 15) is 10.1 Å². The number of hydrogen-bond donors (Lipinski definition) is 0. The largest absolute Gasteiger partial charge is 0.497 e. The first kappa shape index (κ1) is 15.4. The summed E-state index contributed by atoms with van der Waals surface area (Å²) in [4.78, 5) is 12.1. The van der Waals surface area contributed by atoms with Gasteiger partial charge in [0.1, 0.15) is 17.6 Å². The van der Waals surface area contributed by atoms with Crippen LogP contribution in [0.25, 0.3) is 0 Å². The highest BCUT2D eigenvalue weighted by Crippen LogP contribution is 2.22. The molecule has 0 saturated carbocycles. The van der Waals surface area contributed by atoms with E-state index in [1.807, 2.05) is 6.07 Å². The van der Waals surface area contributed by atoms with Gasteiger partial charge >= 0.3 is 5.97 Å². The average Bonchev–Trinajstić information content (AvgIpc) is 2.59. The van der Waals surface area contributed by atoms with E-state index in [2.05, 4.69) is 0 Å². The standard InChI is InChI=1S/C17H15NO4/c1-20-14-7-3-12(4-8-14)16(11-18)22-17(19)13-5-9-15(21-2)10-6-13/h3-10,16H,1-2H3. The number of hydrogen-bond acceptors (Lipinski definition) is 5. The molecule has 0 bridgehead atoms. The van der Waals surface area contributed by atoms with Crippen LogP contribution in [0.2, 0.25) is 0 Å². The zero-order valence-electron chi connectivity index (χ0n) is 12.3. The third-order valence-corrected chi connectivity index (χ3v) is 3.09. The number of methoxy groups -OCH3 is 2. The van der Waals surface area contributed by atoms with Crippen LogP contribution < -0.4 is 9.47 Å². The van der Waals surface area contributed by atoms with Gasteiger partial charge in [0, 0.05) is 5.56 Å². The van der Waals surface area contributed by atoms with Crippen LogP contribution in [-0.4, -0.2) is 20.2 Å². The number of benzene rings is 2. The molecule has 1 unspecified atom stereocenters. The third kappa shape index (κ3) is 3.55. The molecule has 2 aromatic rings. The van der Waals surface area contributed by atoms with Crippen molar-refractivity contribution >= 4 is 5.97 Å². The Kier molecular flexibility index (Phi) is 4.99. The molecule has 0 amide bonds. The number of nitrogens with zero attached hydrogens (tertiary/aromatic N) is 1. The lowest BCUT2D eigenvalue weighted by atomic mass is 10.1. The molecule has 2 aromatic carbocycles. The zero-order chi connectivity index (χ0) is 15.9. The highest BCUT2D eigenvalue weighted by Gasteiger charge is 2.17. The third-order valence-electron chi connectivity index (χ3n) is 3.09. The highest BCUT2D eigenvalue weighted by atomic mass is 16.5. The lowest BCUT2D eigenvalue weighted by Crippen LogP contribution is -2.10. The van der Waals surface area contributed by atoms with Crippen LogP contribution in [0.4, 0.5) is 0 Å². The first-order valence-corrected chi connectivity index (χ1v) is 6.56. The Morgan fingerprint density at radius 1 is 0.955 bits per heavy atom. The first-order chi connectivity index (χ1) is 10.7. The van der Waals surface area contributed by atoms with Crippen LogP contribution >= 0.6 is 0 Å². The molecule has 22 heavy (non-hydrogen) atoms. The second kappa shape index (κ2) is 7.14. The molecule has 2 rings (SSSR count). The lowest BCUT2D eigenvalue weighted by Gasteiger charge is -2.12. The van der Waals surface area contributed by atoms with Gasteiger partial charge in [0.2, 0.25) is 6.10 Å². The summed E-state index contributed by atoms with van der Waals surface area (Å²) >= 11 is 0. The van der Waals surface area contributed by atoms with Crippen molar-refractivity contribution in [3.05, 3.63) is 59.7 Å². The predicted molar refractivity (Wildman–Crippen MR) is 79.8 cm³/mol. The van der Waals surface area contributed by atoms with Crippen LogP contribution in [0.15, 0.2) is 48.5 Å². The van der Waals surface area contributed by atoms with E-state index in [-0.39, 0.29) is 0 Å². The van der Waals surface area contributed by atoms with Crippen molar-refractivity contribution in [2.75, 3.05) is 14.2 Å². The number of rotatable bonds is 5. The molecule has 0 radical (unpaired) electrons. The van der Waals surface area contributed by atoms with Crippen LogP contribution in [0.3, 0.4) is 0 Å². The van der Waals surface area contributed by atoms with Gasteiger partial charge < -0.3 is 14.2 Å². The van der Waals surface area contributed by atoms with Crippen molar-refractivity contribution in [1.82, 2.24) is 0 Å². The summed E-state index contributed by atoms with van der Waals surface area (Å²) in [5.74, 6) is 0.746. The number of carbonyl (C=O) groups excluding carboxylic acids is 1. The normalized spacial score (nSPS) is 11.1. The van der Waals surface area contributed by atoms with E-state index in [0.29, 0.717) is 22.6 Å². The SMILES string of the molecule is COc1ccc(C(=O)OC(C#N)c2ccc(OC)cc2)cc1. The Morgan fingerprint density at radius 3 is 1.91 bits per heavy atom. The van der Waals surface area contributed by atoms with Crippen molar-refractivity contribution in [3.8, 4) is 17.6 Å². The second-order valence-electron chi connectivity index (χ2n) is 4.42. The summed E-state index contributed by atoms with van der Waals surface area (Å²) in [6.07, 6.45) is -0.972. The zero-order valence-corrected chi connectivity index (χ0v) is 12.3. The van der Waals surface area contributed by atoms with E-state index in [4.69, 9.17) is 14.2 Å². The fourth-order valence-corrected chi connectivity index (χ4v) is 1.85. The fraction of sp³-hybridized carbons (Fsp3) is 0.176. The highest BCUT2D eigenvalue weighted by molar-refractivity contribution is 5.89. The summed E-state index contributed by atoms with van der Waals surface area (Å²) < 4.78 is 15.3. The summed E-state index contributed by atoms with van der Waals surface area (Å²) in [6.45, 7) is 0. The molecule has 0 aliphatic heterocycles. The minimum Gasteiger partial charge on any atom is -0.497 e. The molecule has 5 heteroatoms. The maximum Gasteiger partial charge on any atom is 0.339 e. The lowest BCUT2D eigenvalue weighted by molar-refractivity contribution is 0.0404. The predicted octanol–water partition coefficient (Wildman–Crippen LogP) is 3.13. The van der Waals surface area contributed by atoms with Gasteiger partial charge in [-0.3, -0.25) is 0 Å². The molecule has 5 nitrogen and oxygen atoms in total. The summed E-state index contributed by atoms with van der Waals surface area (Å²) in [5, 5.41) is 9.21. The van der Waals surface area contributed by atoms with E-state index in [1.165, 1.54) is 0 Å². The van der Waals surface area contributed by atoms with Gasteiger partial charge in [0.05, 0.1) is 19.8 Å². The molecule has 0 aromatic heterocycles. The molecule has 0 fully saturated rings. The molecule has 0 heterocycles. The summed E-state index contributed by atoms with van der Waals surface area (Å²) in [7, 11) is 3.10. The number of esters is 1. The van der Waals surface area contributed by atoms with E-state index in [0.717, 1.165) is 0 Å². The smallest absolute Gasteiger partial charge is 0.339 e. The molecule has 0 aliphatic carbocycles. The minimum atomic E-state index is -0.972. The fourth-order valence-electron chi connectivity index (χ4n) is 1.85. The summed E-state index contributed by atoms with van der Waals surface area (Å²) in [6, 6.07) is 15.3. The van der Waals surface area contributed by atoms with E-state index in [1.54, 1.807) is 62.8 Å². The molecule has 0 aliphatic rings. The monoisotopic (exact) mass is 297 g/mol. The topological polar surface area (TPSA) is 68.5 Å².